The SMILES string of the molecule is NC[C@@H]1C[C@H](c2ccccc2)CO1. The fourth-order valence-electron chi connectivity index (χ4n) is 1.83. The van der Waals surface area contributed by atoms with Gasteiger partial charge in [-0.2, -0.15) is 0 Å². The van der Waals surface area contributed by atoms with Crippen molar-refractivity contribution < 1.29 is 4.74 Å². The van der Waals surface area contributed by atoms with Crippen LogP contribution in [0.4, 0.5) is 0 Å². The average Bonchev–Trinajstić information content (AvgIpc) is 2.67. The Kier molecular flexibility index (Phi) is 2.62. The van der Waals surface area contributed by atoms with Gasteiger partial charge >= 0.3 is 0 Å². The van der Waals surface area contributed by atoms with Crippen molar-refractivity contribution >= 4 is 0 Å². The number of hydrogen-bond donors (Lipinski definition) is 1. The average molecular weight is 177 g/mol. The maximum Gasteiger partial charge on any atom is 0.0704 e. The summed E-state index contributed by atoms with van der Waals surface area (Å²) < 4.78 is 5.54. The van der Waals surface area contributed by atoms with E-state index in [0.717, 1.165) is 13.0 Å². The van der Waals surface area contributed by atoms with Crippen LogP contribution >= 0.6 is 0 Å². The lowest BCUT2D eigenvalue weighted by atomic mass is 9.96. The van der Waals surface area contributed by atoms with Crippen molar-refractivity contribution in [3.05, 3.63) is 35.9 Å². The van der Waals surface area contributed by atoms with Crippen molar-refractivity contribution in [1.29, 1.82) is 0 Å². The van der Waals surface area contributed by atoms with E-state index in [-0.39, 0.29) is 6.10 Å². The Hall–Kier alpha value is -0.860. The lowest BCUT2D eigenvalue weighted by Crippen LogP contribution is -2.18. The molecule has 0 radical (unpaired) electrons. The zero-order valence-electron chi connectivity index (χ0n) is 7.65. The highest BCUT2D eigenvalue weighted by molar-refractivity contribution is 5.20. The molecule has 0 amide bonds. The van der Waals surface area contributed by atoms with Crippen LogP contribution in [0.2, 0.25) is 0 Å². The zero-order chi connectivity index (χ0) is 9.10. The van der Waals surface area contributed by atoms with Crippen LogP contribution in [0.3, 0.4) is 0 Å². The van der Waals surface area contributed by atoms with Crippen molar-refractivity contribution in [3.63, 3.8) is 0 Å². The fraction of sp³-hybridized carbons (Fsp3) is 0.455. The molecule has 0 bridgehead atoms. The van der Waals surface area contributed by atoms with Crippen molar-refractivity contribution in [2.24, 2.45) is 5.73 Å². The Morgan fingerprint density at radius 2 is 2.08 bits per heavy atom. The van der Waals surface area contributed by atoms with Crippen LogP contribution in [0.25, 0.3) is 0 Å². The second-order valence-electron chi connectivity index (χ2n) is 3.53. The normalized spacial score (nSPS) is 27.8. The van der Waals surface area contributed by atoms with Gasteiger partial charge in [0.2, 0.25) is 0 Å². The molecular formula is C11H15NO. The Balaban J connectivity index is 2.04. The first-order chi connectivity index (χ1) is 6.40. The molecule has 0 unspecified atom stereocenters. The predicted molar refractivity (Wildman–Crippen MR) is 52.6 cm³/mol. The van der Waals surface area contributed by atoms with Gasteiger partial charge in [-0.15, -0.1) is 0 Å². The lowest BCUT2D eigenvalue weighted by Gasteiger charge is -2.07. The van der Waals surface area contributed by atoms with Gasteiger partial charge in [-0.25, -0.2) is 0 Å². The molecule has 1 saturated heterocycles. The molecule has 0 spiro atoms. The minimum absolute atomic E-state index is 0.269. The van der Waals surface area contributed by atoms with Crippen LogP contribution in [0.5, 0.6) is 0 Å². The maximum atomic E-state index is 5.55. The topological polar surface area (TPSA) is 35.2 Å². The van der Waals surface area contributed by atoms with E-state index in [1.165, 1.54) is 5.56 Å². The van der Waals surface area contributed by atoms with Crippen molar-refractivity contribution in [2.75, 3.05) is 13.2 Å². The maximum absolute atomic E-state index is 5.55. The minimum Gasteiger partial charge on any atom is -0.376 e. The summed E-state index contributed by atoms with van der Waals surface area (Å²) in [5.74, 6) is 0.551. The van der Waals surface area contributed by atoms with E-state index in [1.807, 2.05) is 6.07 Å². The highest BCUT2D eigenvalue weighted by Gasteiger charge is 2.25. The molecule has 1 aromatic rings. The monoisotopic (exact) mass is 177 g/mol. The van der Waals surface area contributed by atoms with Crippen LogP contribution in [0.1, 0.15) is 17.9 Å². The molecule has 1 fully saturated rings. The third kappa shape index (κ3) is 1.90. The summed E-state index contributed by atoms with van der Waals surface area (Å²) >= 11 is 0. The summed E-state index contributed by atoms with van der Waals surface area (Å²) in [6.45, 7) is 1.47. The first-order valence-electron chi connectivity index (χ1n) is 4.76. The smallest absolute Gasteiger partial charge is 0.0704 e. The van der Waals surface area contributed by atoms with Crippen molar-refractivity contribution in [2.45, 2.75) is 18.4 Å². The molecule has 0 saturated carbocycles. The Morgan fingerprint density at radius 3 is 2.69 bits per heavy atom. The molecule has 1 aromatic carbocycles. The standard InChI is InChI=1S/C11H15NO/c12-7-11-6-10(8-13-11)9-4-2-1-3-5-9/h1-5,10-11H,6-8,12H2/t10-,11-/m0/s1. The summed E-state index contributed by atoms with van der Waals surface area (Å²) in [4.78, 5) is 0. The zero-order valence-corrected chi connectivity index (χ0v) is 7.65. The molecule has 2 heteroatoms. The fourth-order valence-corrected chi connectivity index (χ4v) is 1.83. The number of nitrogens with two attached hydrogens (primary N) is 1. The van der Waals surface area contributed by atoms with Crippen molar-refractivity contribution in [1.82, 2.24) is 0 Å². The summed E-state index contributed by atoms with van der Waals surface area (Å²) in [5.41, 5.74) is 6.92. The van der Waals surface area contributed by atoms with Gasteiger partial charge in [-0.05, 0) is 12.0 Å². The van der Waals surface area contributed by atoms with Crippen LogP contribution in [-0.4, -0.2) is 19.3 Å². The second kappa shape index (κ2) is 3.90. The Morgan fingerprint density at radius 1 is 1.31 bits per heavy atom. The van der Waals surface area contributed by atoms with Gasteiger partial charge < -0.3 is 10.5 Å². The van der Waals surface area contributed by atoms with E-state index in [1.54, 1.807) is 0 Å². The molecule has 2 atom stereocenters. The van der Waals surface area contributed by atoms with Gasteiger partial charge in [0.15, 0.2) is 0 Å². The van der Waals surface area contributed by atoms with E-state index < -0.39 is 0 Å². The minimum atomic E-state index is 0.269. The third-order valence-electron chi connectivity index (χ3n) is 2.61. The van der Waals surface area contributed by atoms with Crippen LogP contribution in [0.15, 0.2) is 30.3 Å². The first-order valence-corrected chi connectivity index (χ1v) is 4.76. The second-order valence-corrected chi connectivity index (χ2v) is 3.53. The van der Waals surface area contributed by atoms with Crippen molar-refractivity contribution in [3.8, 4) is 0 Å². The number of benzene rings is 1. The van der Waals surface area contributed by atoms with Gasteiger partial charge in [-0.1, -0.05) is 30.3 Å². The van der Waals surface area contributed by atoms with Gasteiger partial charge in [0.25, 0.3) is 0 Å². The summed E-state index contributed by atoms with van der Waals surface area (Å²) in [7, 11) is 0. The molecule has 2 N–H and O–H groups in total. The summed E-state index contributed by atoms with van der Waals surface area (Å²) in [6.07, 6.45) is 1.34. The molecule has 0 aliphatic carbocycles. The lowest BCUT2D eigenvalue weighted by molar-refractivity contribution is 0.116. The number of hydrogen-bond acceptors (Lipinski definition) is 2. The molecular weight excluding hydrogens is 162 g/mol. The van der Waals surface area contributed by atoms with Crippen LogP contribution in [-0.2, 0) is 4.74 Å². The number of ether oxygens (including phenoxy) is 1. The first kappa shape index (κ1) is 8.73. The van der Waals surface area contributed by atoms with Crippen LogP contribution < -0.4 is 5.73 Å². The van der Waals surface area contributed by atoms with E-state index in [2.05, 4.69) is 24.3 Å². The van der Waals surface area contributed by atoms with Gasteiger partial charge in [0.1, 0.15) is 0 Å². The highest BCUT2D eigenvalue weighted by Crippen LogP contribution is 2.28. The molecule has 2 rings (SSSR count). The largest absolute Gasteiger partial charge is 0.376 e. The molecule has 70 valence electrons. The highest BCUT2D eigenvalue weighted by atomic mass is 16.5. The summed E-state index contributed by atoms with van der Waals surface area (Å²) in [5, 5.41) is 0. The molecule has 1 aliphatic heterocycles. The van der Waals surface area contributed by atoms with E-state index >= 15 is 0 Å². The third-order valence-corrected chi connectivity index (χ3v) is 2.61. The molecule has 1 heterocycles. The molecule has 13 heavy (non-hydrogen) atoms. The molecule has 1 aliphatic rings. The Labute approximate surface area is 78.7 Å². The summed E-state index contributed by atoms with van der Waals surface area (Å²) in [6, 6.07) is 10.5. The molecule has 0 aromatic heterocycles. The number of rotatable bonds is 2. The molecule has 2 nitrogen and oxygen atoms in total. The quantitative estimate of drug-likeness (QED) is 0.743. The van der Waals surface area contributed by atoms with Gasteiger partial charge in [0, 0.05) is 12.5 Å². The van der Waals surface area contributed by atoms with E-state index in [4.69, 9.17) is 10.5 Å². The Bertz CT molecular complexity index is 260. The van der Waals surface area contributed by atoms with Gasteiger partial charge in [0.05, 0.1) is 12.7 Å². The van der Waals surface area contributed by atoms with Gasteiger partial charge in [-0.3, -0.25) is 0 Å². The van der Waals surface area contributed by atoms with E-state index in [9.17, 15) is 0 Å². The van der Waals surface area contributed by atoms with Crippen LogP contribution in [0, 0.1) is 0 Å². The van der Waals surface area contributed by atoms with E-state index in [0.29, 0.717) is 12.5 Å². The predicted octanol–water partition coefficient (Wildman–Crippen LogP) is 1.52.